The largest absolute Gasteiger partial charge is 0.456 e. The van der Waals surface area contributed by atoms with Gasteiger partial charge < -0.3 is 10.1 Å². The smallest absolute Gasteiger partial charge is 0.306 e. The second-order valence-corrected chi connectivity index (χ2v) is 7.54. The molecule has 7 heteroatoms. The van der Waals surface area contributed by atoms with E-state index in [1.165, 1.54) is 0 Å². The molecular weight excluding hydrogens is 384 g/mol. The molecule has 0 spiro atoms. The minimum absolute atomic E-state index is 0.264. The lowest BCUT2D eigenvalue weighted by Crippen LogP contribution is -2.28. The summed E-state index contributed by atoms with van der Waals surface area (Å²) in [6, 6.07) is 15.1. The number of amides is 1. The van der Waals surface area contributed by atoms with E-state index < -0.39 is 0 Å². The van der Waals surface area contributed by atoms with Crippen LogP contribution in [0.1, 0.15) is 23.4 Å². The van der Waals surface area contributed by atoms with Gasteiger partial charge in [0, 0.05) is 18.0 Å². The van der Waals surface area contributed by atoms with Crippen LogP contribution in [0.3, 0.4) is 0 Å². The number of fused-ring (bicyclic) bond motifs is 1. The molecule has 0 aliphatic heterocycles. The first-order chi connectivity index (χ1) is 13.1. The Balaban J connectivity index is 1.33. The number of esters is 1. The van der Waals surface area contributed by atoms with Gasteiger partial charge in [-0.25, -0.2) is 4.98 Å². The third-order valence-corrected chi connectivity index (χ3v) is 5.23. The van der Waals surface area contributed by atoms with Gasteiger partial charge in [-0.15, -0.1) is 11.3 Å². The number of ether oxygens (including phenoxy) is 1. The molecule has 1 aromatic heterocycles. The summed E-state index contributed by atoms with van der Waals surface area (Å²) in [5.74, 6) is -0.706. The highest BCUT2D eigenvalue weighted by atomic mass is 35.5. The molecule has 0 fully saturated rings. The Bertz CT molecular complexity index is 891. The Morgan fingerprint density at radius 3 is 2.67 bits per heavy atom. The number of nitrogens with one attached hydrogen (secondary N) is 1. The first-order valence-electron chi connectivity index (χ1n) is 8.61. The Morgan fingerprint density at radius 1 is 1.11 bits per heavy atom. The van der Waals surface area contributed by atoms with E-state index in [2.05, 4.69) is 10.3 Å². The molecule has 0 saturated heterocycles. The molecule has 1 heterocycles. The number of nitrogens with zero attached hydrogens (tertiary/aromatic N) is 1. The van der Waals surface area contributed by atoms with E-state index in [0.29, 0.717) is 18.0 Å². The molecule has 140 valence electrons. The fourth-order valence-electron chi connectivity index (χ4n) is 2.48. The summed E-state index contributed by atoms with van der Waals surface area (Å²) in [5.41, 5.74) is 1.91. The van der Waals surface area contributed by atoms with Crippen LogP contribution in [0.25, 0.3) is 10.2 Å². The van der Waals surface area contributed by atoms with E-state index in [4.69, 9.17) is 16.3 Å². The number of para-hydroxylation sites is 1. The van der Waals surface area contributed by atoms with E-state index in [1.807, 2.05) is 36.4 Å². The average molecular weight is 403 g/mol. The molecule has 0 bridgehead atoms. The van der Waals surface area contributed by atoms with Gasteiger partial charge in [-0.05, 0) is 42.7 Å². The van der Waals surface area contributed by atoms with E-state index in [9.17, 15) is 9.59 Å². The van der Waals surface area contributed by atoms with Crippen LogP contribution in [0.5, 0.6) is 0 Å². The number of aryl methyl sites for hydroxylation is 1. The lowest BCUT2D eigenvalue weighted by atomic mass is 10.2. The highest BCUT2D eigenvalue weighted by Gasteiger charge is 2.09. The van der Waals surface area contributed by atoms with Crippen LogP contribution in [0.15, 0.2) is 48.5 Å². The molecule has 5 nitrogen and oxygen atoms in total. The number of benzene rings is 2. The summed E-state index contributed by atoms with van der Waals surface area (Å²) in [6.45, 7) is 0.0960. The standard InChI is InChI=1S/C20H19ClN2O3S/c21-15-10-8-14(9-11-15)12-22-18(24)13-26-20(25)7-3-6-19-23-16-4-1-2-5-17(16)27-19/h1-2,4-5,8-11H,3,6-7,12-13H2,(H,22,24). The molecule has 1 amide bonds. The van der Waals surface area contributed by atoms with Crippen molar-refractivity contribution in [1.82, 2.24) is 10.3 Å². The maximum atomic E-state index is 11.8. The monoisotopic (exact) mass is 402 g/mol. The fourth-order valence-corrected chi connectivity index (χ4v) is 3.62. The Hall–Kier alpha value is -2.44. The topological polar surface area (TPSA) is 68.3 Å². The van der Waals surface area contributed by atoms with E-state index in [1.54, 1.807) is 23.5 Å². The van der Waals surface area contributed by atoms with Crippen molar-refractivity contribution in [2.24, 2.45) is 0 Å². The summed E-state index contributed by atoms with van der Waals surface area (Å²) in [5, 5.41) is 4.35. The summed E-state index contributed by atoms with van der Waals surface area (Å²) >= 11 is 7.45. The zero-order chi connectivity index (χ0) is 19.1. The number of rotatable bonds is 8. The highest BCUT2D eigenvalue weighted by Crippen LogP contribution is 2.22. The normalized spacial score (nSPS) is 10.7. The molecule has 2 aromatic carbocycles. The van der Waals surface area contributed by atoms with Crippen molar-refractivity contribution in [2.45, 2.75) is 25.8 Å². The minimum Gasteiger partial charge on any atom is -0.456 e. The second kappa shape index (κ2) is 9.48. The number of thiazole rings is 1. The van der Waals surface area contributed by atoms with Gasteiger partial charge in [0.2, 0.25) is 0 Å². The minimum atomic E-state index is -0.377. The van der Waals surface area contributed by atoms with Gasteiger partial charge in [0.1, 0.15) is 0 Å². The lowest BCUT2D eigenvalue weighted by molar-refractivity contribution is -0.148. The molecule has 0 unspecified atom stereocenters. The van der Waals surface area contributed by atoms with E-state index in [0.717, 1.165) is 27.2 Å². The molecule has 0 saturated carbocycles. The van der Waals surface area contributed by atoms with Crippen LogP contribution >= 0.6 is 22.9 Å². The summed E-state index contributed by atoms with van der Waals surface area (Å²) in [7, 11) is 0. The highest BCUT2D eigenvalue weighted by molar-refractivity contribution is 7.18. The van der Waals surface area contributed by atoms with Crippen LogP contribution in [0.4, 0.5) is 0 Å². The van der Waals surface area contributed by atoms with Crippen LogP contribution < -0.4 is 5.32 Å². The number of hydrogen-bond donors (Lipinski definition) is 1. The van der Waals surface area contributed by atoms with Crippen LogP contribution in [-0.2, 0) is 27.3 Å². The summed E-state index contributed by atoms with van der Waals surface area (Å²) in [6.07, 6.45) is 1.63. The zero-order valence-electron chi connectivity index (χ0n) is 14.6. The van der Waals surface area contributed by atoms with Gasteiger partial charge in [-0.1, -0.05) is 35.9 Å². The molecule has 0 atom stereocenters. The van der Waals surface area contributed by atoms with Gasteiger partial charge in [0.15, 0.2) is 6.61 Å². The van der Waals surface area contributed by atoms with Crippen molar-refractivity contribution < 1.29 is 14.3 Å². The van der Waals surface area contributed by atoms with Crippen LogP contribution in [0.2, 0.25) is 5.02 Å². The maximum Gasteiger partial charge on any atom is 0.306 e. The predicted octanol–water partition coefficient (Wildman–Crippen LogP) is 4.13. The van der Waals surface area contributed by atoms with Crippen molar-refractivity contribution in [3.05, 3.63) is 64.1 Å². The average Bonchev–Trinajstić information content (AvgIpc) is 3.08. The maximum absolute atomic E-state index is 11.8. The van der Waals surface area contributed by atoms with Gasteiger partial charge in [-0.2, -0.15) is 0 Å². The molecule has 3 rings (SSSR count). The molecule has 1 N–H and O–H groups in total. The van der Waals surface area contributed by atoms with E-state index in [-0.39, 0.29) is 24.9 Å². The number of carbonyl (C=O) groups excluding carboxylic acids is 2. The first kappa shape index (κ1) is 19.3. The van der Waals surface area contributed by atoms with Gasteiger partial charge in [-0.3, -0.25) is 9.59 Å². The van der Waals surface area contributed by atoms with Gasteiger partial charge in [0.05, 0.1) is 15.2 Å². The van der Waals surface area contributed by atoms with Crippen molar-refractivity contribution in [1.29, 1.82) is 0 Å². The number of aromatic nitrogens is 1. The third kappa shape index (κ3) is 6.05. The lowest BCUT2D eigenvalue weighted by Gasteiger charge is -2.06. The number of hydrogen-bond acceptors (Lipinski definition) is 5. The zero-order valence-corrected chi connectivity index (χ0v) is 16.2. The SMILES string of the molecule is O=C(COC(=O)CCCc1nc2ccccc2s1)NCc1ccc(Cl)cc1. The Labute approximate surface area is 166 Å². The fraction of sp³-hybridized carbons (Fsp3) is 0.250. The summed E-state index contributed by atoms with van der Waals surface area (Å²) in [4.78, 5) is 28.1. The van der Waals surface area contributed by atoms with Crippen molar-refractivity contribution in [2.75, 3.05) is 6.61 Å². The molecular formula is C20H19ClN2O3S. The summed E-state index contributed by atoms with van der Waals surface area (Å²) < 4.78 is 6.16. The van der Waals surface area contributed by atoms with Crippen molar-refractivity contribution in [3.8, 4) is 0 Å². The van der Waals surface area contributed by atoms with Gasteiger partial charge >= 0.3 is 5.97 Å². The Morgan fingerprint density at radius 2 is 1.89 bits per heavy atom. The molecule has 27 heavy (non-hydrogen) atoms. The number of halogens is 1. The van der Waals surface area contributed by atoms with Crippen LogP contribution in [-0.4, -0.2) is 23.5 Å². The van der Waals surface area contributed by atoms with E-state index >= 15 is 0 Å². The van der Waals surface area contributed by atoms with Crippen LogP contribution in [0, 0.1) is 0 Å². The first-order valence-corrected chi connectivity index (χ1v) is 9.81. The predicted molar refractivity (Wildman–Crippen MR) is 107 cm³/mol. The number of carbonyl (C=O) groups is 2. The van der Waals surface area contributed by atoms with Gasteiger partial charge in [0.25, 0.3) is 5.91 Å². The van der Waals surface area contributed by atoms with Crippen molar-refractivity contribution >= 4 is 45.0 Å². The second-order valence-electron chi connectivity index (χ2n) is 5.99. The molecule has 0 radical (unpaired) electrons. The quantitative estimate of drug-likeness (QED) is 0.575. The van der Waals surface area contributed by atoms with Crippen molar-refractivity contribution in [3.63, 3.8) is 0 Å². The third-order valence-electron chi connectivity index (χ3n) is 3.88. The Kier molecular flexibility index (Phi) is 6.79. The molecule has 3 aromatic rings. The molecule has 0 aliphatic carbocycles. The molecule has 0 aliphatic rings.